The number of nitrogens with zero attached hydrogens (tertiary/aromatic N) is 3. The van der Waals surface area contributed by atoms with Crippen molar-refractivity contribution in [2.75, 3.05) is 11.9 Å². The van der Waals surface area contributed by atoms with Crippen molar-refractivity contribution in [1.29, 1.82) is 0 Å². The van der Waals surface area contributed by atoms with Crippen LogP contribution in [-0.4, -0.2) is 56.3 Å². The first kappa shape index (κ1) is 27.4. The SMILES string of the molecule is CCOc1ncc(Nc2cc([C@H](CC)CC(=O)O)ccc2C2=CC3CCC(C2)N3C(=O)OC(C)(C)C)cn1. The van der Waals surface area contributed by atoms with E-state index in [1.54, 1.807) is 12.4 Å². The van der Waals surface area contributed by atoms with Gasteiger partial charge in [-0.3, -0.25) is 9.69 Å². The molecule has 0 radical (unpaired) electrons. The fourth-order valence-corrected chi connectivity index (χ4v) is 5.28. The lowest BCUT2D eigenvalue weighted by atomic mass is 9.88. The van der Waals surface area contributed by atoms with Crippen LogP contribution in [0.1, 0.15) is 83.8 Å². The van der Waals surface area contributed by atoms with Gasteiger partial charge in [0, 0.05) is 17.3 Å². The van der Waals surface area contributed by atoms with E-state index >= 15 is 0 Å². The lowest BCUT2D eigenvalue weighted by Crippen LogP contribution is -2.45. The molecule has 0 spiro atoms. The third-order valence-corrected chi connectivity index (χ3v) is 6.96. The predicted octanol–water partition coefficient (Wildman–Crippen LogP) is 6.14. The molecule has 38 heavy (non-hydrogen) atoms. The summed E-state index contributed by atoms with van der Waals surface area (Å²) in [6, 6.07) is 6.49. The molecular formula is C29H38N4O5. The number of benzene rings is 1. The maximum absolute atomic E-state index is 12.9. The molecule has 9 nitrogen and oxygen atoms in total. The van der Waals surface area contributed by atoms with Crippen molar-refractivity contribution >= 4 is 29.0 Å². The van der Waals surface area contributed by atoms with Crippen molar-refractivity contribution in [3.8, 4) is 6.01 Å². The quantitative estimate of drug-likeness (QED) is 0.404. The van der Waals surface area contributed by atoms with Gasteiger partial charge in [0.2, 0.25) is 0 Å². The first-order valence-corrected chi connectivity index (χ1v) is 13.4. The van der Waals surface area contributed by atoms with E-state index in [0.717, 1.165) is 48.1 Å². The van der Waals surface area contributed by atoms with Crippen LogP contribution in [0.4, 0.5) is 16.2 Å². The van der Waals surface area contributed by atoms with E-state index in [9.17, 15) is 14.7 Å². The monoisotopic (exact) mass is 522 g/mol. The number of carbonyl (C=O) groups is 2. The summed E-state index contributed by atoms with van der Waals surface area (Å²) < 4.78 is 11.1. The maximum atomic E-state index is 12.9. The maximum Gasteiger partial charge on any atom is 0.411 e. The number of aliphatic carboxylic acids is 1. The van der Waals surface area contributed by atoms with Crippen molar-refractivity contribution in [1.82, 2.24) is 14.9 Å². The first-order chi connectivity index (χ1) is 18.1. The van der Waals surface area contributed by atoms with Crippen molar-refractivity contribution in [3.63, 3.8) is 0 Å². The van der Waals surface area contributed by atoms with Crippen LogP contribution in [0.25, 0.3) is 5.57 Å². The molecule has 3 atom stereocenters. The molecule has 2 aromatic rings. The number of anilines is 2. The third-order valence-electron chi connectivity index (χ3n) is 6.96. The molecule has 2 unspecified atom stereocenters. The van der Waals surface area contributed by atoms with E-state index < -0.39 is 11.6 Å². The van der Waals surface area contributed by atoms with Gasteiger partial charge in [0.1, 0.15) is 5.60 Å². The second kappa shape index (κ2) is 11.4. The Bertz CT molecular complexity index is 1190. The lowest BCUT2D eigenvalue weighted by Gasteiger charge is -2.35. The number of fused-ring (bicyclic) bond motifs is 2. The number of aromatic nitrogens is 2. The Morgan fingerprint density at radius 1 is 1.18 bits per heavy atom. The van der Waals surface area contributed by atoms with E-state index in [1.807, 2.05) is 51.7 Å². The van der Waals surface area contributed by atoms with Crippen LogP contribution in [0.15, 0.2) is 36.7 Å². The van der Waals surface area contributed by atoms with Crippen molar-refractivity contribution in [2.24, 2.45) is 0 Å². The Hall–Kier alpha value is -3.62. The van der Waals surface area contributed by atoms with Crippen LogP contribution in [0.2, 0.25) is 0 Å². The van der Waals surface area contributed by atoms with Crippen molar-refractivity contribution < 1.29 is 24.2 Å². The summed E-state index contributed by atoms with van der Waals surface area (Å²) in [5.74, 6) is -0.915. The van der Waals surface area contributed by atoms with Gasteiger partial charge in [0.25, 0.3) is 0 Å². The van der Waals surface area contributed by atoms with Crippen LogP contribution >= 0.6 is 0 Å². The smallest absolute Gasteiger partial charge is 0.411 e. The Morgan fingerprint density at radius 2 is 1.92 bits per heavy atom. The molecule has 0 saturated carbocycles. The number of hydrogen-bond donors (Lipinski definition) is 2. The molecule has 4 rings (SSSR count). The average molecular weight is 523 g/mol. The summed E-state index contributed by atoms with van der Waals surface area (Å²) >= 11 is 0. The summed E-state index contributed by atoms with van der Waals surface area (Å²) in [7, 11) is 0. The van der Waals surface area contributed by atoms with Gasteiger partial charge in [-0.2, -0.15) is 0 Å². The molecule has 2 aliphatic rings. The Morgan fingerprint density at radius 3 is 2.53 bits per heavy atom. The molecule has 2 N–H and O–H groups in total. The van der Waals surface area contributed by atoms with Crippen LogP contribution in [0, 0.1) is 0 Å². The summed E-state index contributed by atoms with van der Waals surface area (Å²) in [4.78, 5) is 34.8. The fraction of sp³-hybridized carbons (Fsp3) is 0.517. The predicted molar refractivity (Wildman–Crippen MR) is 146 cm³/mol. The average Bonchev–Trinajstić information content (AvgIpc) is 3.12. The Kier molecular flexibility index (Phi) is 8.23. The molecule has 204 valence electrons. The van der Waals surface area contributed by atoms with Gasteiger partial charge >= 0.3 is 18.1 Å². The molecular weight excluding hydrogens is 484 g/mol. The second-order valence-electron chi connectivity index (χ2n) is 10.9. The normalized spacial score (nSPS) is 19.5. The van der Waals surface area contributed by atoms with E-state index in [-0.39, 0.29) is 30.5 Å². The van der Waals surface area contributed by atoms with Crippen LogP contribution in [-0.2, 0) is 9.53 Å². The van der Waals surface area contributed by atoms with E-state index in [4.69, 9.17) is 9.47 Å². The molecule has 9 heteroatoms. The van der Waals surface area contributed by atoms with Gasteiger partial charge in [-0.15, -0.1) is 0 Å². The fourth-order valence-electron chi connectivity index (χ4n) is 5.28. The molecule has 2 bridgehead atoms. The molecule has 1 aromatic heterocycles. The highest BCUT2D eigenvalue weighted by atomic mass is 16.6. The molecule has 1 amide bonds. The van der Waals surface area contributed by atoms with Gasteiger partial charge in [-0.25, -0.2) is 14.8 Å². The van der Waals surface area contributed by atoms with Gasteiger partial charge in [-0.1, -0.05) is 25.1 Å². The minimum Gasteiger partial charge on any atom is -0.481 e. The number of amides is 1. The first-order valence-electron chi connectivity index (χ1n) is 13.4. The van der Waals surface area contributed by atoms with E-state index in [2.05, 4.69) is 27.4 Å². The Labute approximate surface area is 224 Å². The number of nitrogens with one attached hydrogen (secondary N) is 1. The van der Waals surface area contributed by atoms with Crippen molar-refractivity contribution in [2.45, 2.75) is 90.3 Å². The van der Waals surface area contributed by atoms with Gasteiger partial charge in [0.05, 0.1) is 37.2 Å². The van der Waals surface area contributed by atoms with Gasteiger partial charge < -0.3 is 19.9 Å². The molecule has 2 aliphatic heterocycles. The van der Waals surface area contributed by atoms with Crippen molar-refractivity contribution in [3.05, 3.63) is 47.8 Å². The largest absolute Gasteiger partial charge is 0.481 e. The highest BCUT2D eigenvalue weighted by molar-refractivity contribution is 5.82. The third kappa shape index (κ3) is 6.44. The molecule has 1 fully saturated rings. The summed E-state index contributed by atoms with van der Waals surface area (Å²) in [5, 5.41) is 12.9. The van der Waals surface area contributed by atoms with Crippen LogP contribution in [0.5, 0.6) is 6.01 Å². The van der Waals surface area contributed by atoms with Gasteiger partial charge in [-0.05, 0) is 76.5 Å². The number of ether oxygens (including phenoxy) is 2. The number of carbonyl (C=O) groups excluding carboxylic acids is 1. The number of hydrogen-bond acceptors (Lipinski definition) is 7. The minimum absolute atomic E-state index is 0.0182. The highest BCUT2D eigenvalue weighted by Crippen LogP contribution is 2.42. The van der Waals surface area contributed by atoms with E-state index in [0.29, 0.717) is 18.3 Å². The Balaban J connectivity index is 1.67. The van der Waals surface area contributed by atoms with Crippen LogP contribution < -0.4 is 10.1 Å². The standard InChI is InChI=1S/C29H38N4O5/c1-6-18(15-26(34)35)19-8-11-24(25(14-19)32-21-16-30-27(31-17-21)37-7-2)20-12-22-9-10-23(13-20)33(22)28(36)38-29(3,4)5/h8,11-12,14,16-18,22-23,32H,6-7,9-10,13,15H2,1-5H3,(H,34,35)/t18-,22?,23?/m1/s1. The van der Waals surface area contributed by atoms with E-state index in [1.165, 1.54) is 0 Å². The van der Waals surface area contributed by atoms with Crippen LogP contribution in [0.3, 0.4) is 0 Å². The molecule has 0 aliphatic carbocycles. The topological polar surface area (TPSA) is 114 Å². The molecule has 3 heterocycles. The summed E-state index contributed by atoms with van der Waals surface area (Å²) in [6.07, 6.45) is 8.59. The summed E-state index contributed by atoms with van der Waals surface area (Å²) in [6.45, 7) is 10.0. The summed E-state index contributed by atoms with van der Waals surface area (Å²) in [5.41, 5.74) is 4.16. The zero-order valence-corrected chi connectivity index (χ0v) is 22.9. The minimum atomic E-state index is -0.816. The number of carboxylic acids is 1. The zero-order chi connectivity index (χ0) is 27.4. The lowest BCUT2D eigenvalue weighted by molar-refractivity contribution is -0.137. The number of rotatable bonds is 9. The van der Waals surface area contributed by atoms with Gasteiger partial charge in [0.15, 0.2) is 0 Å². The molecule has 1 saturated heterocycles. The molecule has 1 aromatic carbocycles. The zero-order valence-electron chi connectivity index (χ0n) is 22.9. The highest BCUT2D eigenvalue weighted by Gasteiger charge is 2.42. The second-order valence-corrected chi connectivity index (χ2v) is 10.9. The number of carboxylic acid groups (broad SMARTS) is 1.